The van der Waals surface area contributed by atoms with E-state index in [0.717, 1.165) is 30.0 Å². The lowest BCUT2D eigenvalue weighted by molar-refractivity contribution is -0.132. The van der Waals surface area contributed by atoms with Crippen LogP contribution in [-0.4, -0.2) is 48.9 Å². The largest absolute Gasteiger partial charge is 0.340 e. The van der Waals surface area contributed by atoms with Crippen molar-refractivity contribution in [2.45, 2.75) is 13.0 Å². The lowest BCUT2D eigenvalue weighted by Crippen LogP contribution is -2.46. The first-order chi connectivity index (χ1) is 10.0. The number of likely N-dealkylation sites (tertiary alicyclic amines) is 1. The first kappa shape index (κ1) is 15.0. The number of carbonyl (C=O) groups is 2. The van der Waals surface area contributed by atoms with Crippen LogP contribution in [0, 0.1) is 11.8 Å². The van der Waals surface area contributed by atoms with Gasteiger partial charge in [0.2, 0.25) is 5.91 Å². The number of fused-ring (bicyclic) bond motifs is 1. The average molecular weight is 372 g/mol. The van der Waals surface area contributed by atoms with E-state index >= 15 is 0 Å². The Morgan fingerprint density at radius 1 is 1.38 bits per heavy atom. The van der Waals surface area contributed by atoms with Crippen molar-refractivity contribution >= 4 is 39.1 Å². The Balaban J connectivity index is 1.56. The van der Waals surface area contributed by atoms with Gasteiger partial charge in [-0.15, -0.1) is 11.3 Å². The number of nitrogens with one attached hydrogen (secondary N) is 2. The van der Waals surface area contributed by atoms with Crippen molar-refractivity contribution in [3.63, 3.8) is 0 Å². The van der Waals surface area contributed by atoms with Crippen LogP contribution in [0.25, 0.3) is 0 Å². The highest BCUT2D eigenvalue weighted by Gasteiger charge is 2.39. The number of hydrogen-bond acceptors (Lipinski definition) is 4. The van der Waals surface area contributed by atoms with Gasteiger partial charge in [0.25, 0.3) is 5.91 Å². The molecule has 2 aliphatic heterocycles. The minimum Gasteiger partial charge on any atom is -0.340 e. The summed E-state index contributed by atoms with van der Waals surface area (Å²) in [6.07, 6.45) is 0. The highest BCUT2D eigenvalue weighted by Crippen LogP contribution is 2.27. The van der Waals surface area contributed by atoms with Gasteiger partial charge in [0, 0.05) is 26.2 Å². The van der Waals surface area contributed by atoms with Crippen molar-refractivity contribution in [1.82, 2.24) is 15.5 Å². The molecular formula is C14H18BrN3O2S. The summed E-state index contributed by atoms with van der Waals surface area (Å²) in [5.74, 6) is 0.983. The number of halogens is 1. The fourth-order valence-electron chi connectivity index (χ4n) is 3.08. The van der Waals surface area contributed by atoms with E-state index < -0.39 is 6.04 Å². The van der Waals surface area contributed by atoms with E-state index in [1.165, 1.54) is 11.3 Å². The Kier molecular flexibility index (Phi) is 4.33. The zero-order valence-electron chi connectivity index (χ0n) is 11.8. The normalized spacial score (nSPS) is 25.7. The summed E-state index contributed by atoms with van der Waals surface area (Å²) in [6.45, 7) is 5.37. The molecule has 3 heterocycles. The third-order valence-corrected chi connectivity index (χ3v) is 5.84. The average Bonchev–Trinajstić information content (AvgIpc) is 3.12. The molecule has 3 rings (SSSR count). The van der Waals surface area contributed by atoms with Gasteiger partial charge in [-0.05, 0) is 46.8 Å². The number of carbonyl (C=O) groups excluding carboxylic acids is 2. The molecular weight excluding hydrogens is 354 g/mol. The van der Waals surface area contributed by atoms with Crippen LogP contribution < -0.4 is 10.6 Å². The molecule has 0 radical (unpaired) electrons. The number of amides is 2. The van der Waals surface area contributed by atoms with Crippen LogP contribution in [0.2, 0.25) is 0 Å². The monoisotopic (exact) mass is 371 g/mol. The lowest BCUT2D eigenvalue weighted by atomic mass is 10.0. The summed E-state index contributed by atoms with van der Waals surface area (Å²) in [5.41, 5.74) is 0. The number of nitrogens with zero attached hydrogens (tertiary/aromatic N) is 1. The summed E-state index contributed by atoms with van der Waals surface area (Å²) in [7, 11) is 0. The van der Waals surface area contributed by atoms with Crippen LogP contribution >= 0.6 is 27.3 Å². The van der Waals surface area contributed by atoms with Crippen molar-refractivity contribution in [2.75, 3.05) is 26.2 Å². The first-order valence-corrected chi connectivity index (χ1v) is 8.71. The minimum atomic E-state index is -0.481. The van der Waals surface area contributed by atoms with E-state index in [9.17, 15) is 9.59 Å². The van der Waals surface area contributed by atoms with Crippen molar-refractivity contribution in [1.29, 1.82) is 0 Å². The van der Waals surface area contributed by atoms with Gasteiger partial charge in [0.15, 0.2) is 0 Å². The van der Waals surface area contributed by atoms with Crippen molar-refractivity contribution in [3.05, 3.63) is 20.8 Å². The van der Waals surface area contributed by atoms with Gasteiger partial charge in [0.1, 0.15) is 6.04 Å². The highest BCUT2D eigenvalue weighted by atomic mass is 79.9. The van der Waals surface area contributed by atoms with E-state index in [-0.39, 0.29) is 11.8 Å². The first-order valence-electron chi connectivity index (χ1n) is 7.10. The van der Waals surface area contributed by atoms with E-state index in [4.69, 9.17) is 0 Å². The Morgan fingerprint density at radius 3 is 2.62 bits per heavy atom. The Labute approximate surface area is 136 Å². The molecule has 0 bridgehead atoms. The van der Waals surface area contributed by atoms with Gasteiger partial charge in [-0.2, -0.15) is 0 Å². The fraction of sp³-hybridized carbons (Fsp3) is 0.571. The van der Waals surface area contributed by atoms with Crippen molar-refractivity contribution < 1.29 is 9.59 Å². The summed E-state index contributed by atoms with van der Waals surface area (Å²) in [5, 5.41) is 6.15. The molecule has 1 aromatic heterocycles. The summed E-state index contributed by atoms with van der Waals surface area (Å²) >= 11 is 4.70. The van der Waals surface area contributed by atoms with Crippen molar-refractivity contribution in [3.8, 4) is 0 Å². The van der Waals surface area contributed by atoms with E-state index in [0.29, 0.717) is 16.7 Å². The molecule has 1 unspecified atom stereocenters. The molecule has 3 atom stereocenters. The molecule has 2 aliphatic rings. The second kappa shape index (κ2) is 6.06. The van der Waals surface area contributed by atoms with Crippen LogP contribution in [0.1, 0.15) is 16.6 Å². The van der Waals surface area contributed by atoms with Gasteiger partial charge in [-0.1, -0.05) is 0 Å². The third-order valence-electron chi connectivity index (χ3n) is 4.22. The SMILES string of the molecule is CC(NC(=O)c1ccc(Br)s1)C(=O)N1C[C@H]2CNC[C@H]2C1. The van der Waals surface area contributed by atoms with Gasteiger partial charge in [-0.25, -0.2) is 0 Å². The smallest absolute Gasteiger partial charge is 0.262 e. The summed E-state index contributed by atoms with van der Waals surface area (Å²) in [4.78, 5) is 27.0. The molecule has 5 nitrogen and oxygen atoms in total. The molecule has 2 amide bonds. The highest BCUT2D eigenvalue weighted by molar-refractivity contribution is 9.11. The number of rotatable bonds is 3. The predicted molar refractivity (Wildman–Crippen MR) is 85.4 cm³/mol. The van der Waals surface area contributed by atoms with Gasteiger partial charge >= 0.3 is 0 Å². The van der Waals surface area contributed by atoms with Crippen LogP contribution in [0.5, 0.6) is 0 Å². The second-order valence-corrected chi connectivity index (χ2v) is 8.18. The van der Waals surface area contributed by atoms with E-state index in [2.05, 4.69) is 26.6 Å². The van der Waals surface area contributed by atoms with E-state index in [1.54, 1.807) is 13.0 Å². The minimum absolute atomic E-state index is 0.0216. The molecule has 0 aliphatic carbocycles. The maximum absolute atomic E-state index is 12.4. The molecule has 2 N–H and O–H groups in total. The zero-order chi connectivity index (χ0) is 15.0. The molecule has 0 aromatic carbocycles. The van der Waals surface area contributed by atoms with E-state index in [1.807, 2.05) is 11.0 Å². The standard InChI is InChI=1S/C14H18BrN3O2S/c1-8(17-13(19)11-2-3-12(15)21-11)14(20)18-6-9-4-16-5-10(9)7-18/h2-3,8-10,16H,4-7H2,1H3,(H,17,19)/t8?,9-,10+. The maximum Gasteiger partial charge on any atom is 0.262 e. The molecule has 21 heavy (non-hydrogen) atoms. The maximum atomic E-state index is 12.4. The Hall–Kier alpha value is -0.920. The van der Waals surface area contributed by atoms with Crippen LogP contribution in [0.4, 0.5) is 0 Å². The number of thiophene rings is 1. The second-order valence-electron chi connectivity index (χ2n) is 5.72. The number of hydrogen-bond donors (Lipinski definition) is 2. The topological polar surface area (TPSA) is 61.4 Å². The predicted octanol–water partition coefficient (Wildman–Crippen LogP) is 1.31. The quantitative estimate of drug-likeness (QED) is 0.841. The lowest BCUT2D eigenvalue weighted by Gasteiger charge is -2.22. The molecule has 2 fully saturated rings. The van der Waals surface area contributed by atoms with Crippen molar-refractivity contribution in [2.24, 2.45) is 11.8 Å². The van der Waals surface area contributed by atoms with Crippen LogP contribution in [0.15, 0.2) is 15.9 Å². The molecule has 114 valence electrons. The molecule has 7 heteroatoms. The zero-order valence-corrected chi connectivity index (χ0v) is 14.2. The molecule has 0 saturated carbocycles. The van der Waals surface area contributed by atoms with Crippen LogP contribution in [0.3, 0.4) is 0 Å². The summed E-state index contributed by atoms with van der Waals surface area (Å²) < 4.78 is 0.909. The van der Waals surface area contributed by atoms with Gasteiger partial charge in [-0.3, -0.25) is 9.59 Å². The fourth-order valence-corrected chi connectivity index (χ4v) is 4.36. The summed E-state index contributed by atoms with van der Waals surface area (Å²) in [6, 6.07) is 3.11. The molecule has 1 aromatic rings. The molecule has 0 spiro atoms. The third kappa shape index (κ3) is 3.14. The molecule has 2 saturated heterocycles. The van der Waals surface area contributed by atoms with Gasteiger partial charge in [0.05, 0.1) is 8.66 Å². The van der Waals surface area contributed by atoms with Crippen LogP contribution in [-0.2, 0) is 4.79 Å². The van der Waals surface area contributed by atoms with Gasteiger partial charge < -0.3 is 15.5 Å². The Morgan fingerprint density at radius 2 is 2.05 bits per heavy atom. The Bertz CT molecular complexity index is 550.